The summed E-state index contributed by atoms with van der Waals surface area (Å²) >= 11 is 1.69. The Labute approximate surface area is 162 Å². The second-order valence-electron chi connectivity index (χ2n) is 6.80. The molecule has 5 nitrogen and oxygen atoms in total. The van der Waals surface area contributed by atoms with Gasteiger partial charge < -0.3 is 10.2 Å². The minimum Gasteiger partial charge on any atom is -0.324 e. The average Bonchev–Trinajstić information content (AvgIpc) is 3.17. The second-order valence-corrected chi connectivity index (χ2v) is 8.30. The van der Waals surface area contributed by atoms with Crippen molar-refractivity contribution in [3.8, 4) is 11.8 Å². The first kappa shape index (κ1) is 17.6. The van der Waals surface area contributed by atoms with Crippen molar-refractivity contribution in [2.24, 2.45) is 0 Å². The topological polar surface area (TPSA) is 62.3 Å². The normalized spacial score (nSPS) is 23.5. The third-order valence-corrected chi connectivity index (χ3v) is 6.38. The molecule has 0 aliphatic carbocycles. The Bertz CT molecular complexity index is 951. The summed E-state index contributed by atoms with van der Waals surface area (Å²) in [7, 11) is 0. The minimum atomic E-state index is -0.418. The summed E-state index contributed by atoms with van der Waals surface area (Å²) in [5, 5.41) is 2.94. The molecule has 0 bridgehead atoms. The smallest absolute Gasteiger partial charge is 0.248 e. The fourth-order valence-corrected chi connectivity index (χ4v) is 4.92. The van der Waals surface area contributed by atoms with E-state index < -0.39 is 6.04 Å². The average molecular weight is 377 g/mol. The van der Waals surface area contributed by atoms with Crippen LogP contribution in [0.3, 0.4) is 0 Å². The molecule has 2 aliphatic heterocycles. The number of aromatic nitrogens is 1. The SMILES string of the molecule is C[C@]12CCC(=O)N1[C@@H](C(=O)Nc1cccc(C#Cc3ccccn3)c1)CS2. The Balaban J connectivity index is 1.48. The maximum Gasteiger partial charge on any atom is 0.248 e. The van der Waals surface area contributed by atoms with Crippen LogP contribution in [0.25, 0.3) is 0 Å². The zero-order chi connectivity index (χ0) is 18.9. The van der Waals surface area contributed by atoms with Crippen molar-refractivity contribution in [1.82, 2.24) is 9.88 Å². The largest absolute Gasteiger partial charge is 0.324 e. The lowest BCUT2D eigenvalue weighted by Crippen LogP contribution is -2.48. The lowest BCUT2D eigenvalue weighted by atomic mass is 10.1. The van der Waals surface area contributed by atoms with Gasteiger partial charge in [0.25, 0.3) is 0 Å². The van der Waals surface area contributed by atoms with Crippen LogP contribution in [0.4, 0.5) is 5.69 Å². The molecular weight excluding hydrogens is 358 g/mol. The molecule has 1 N–H and O–H groups in total. The minimum absolute atomic E-state index is 0.0672. The summed E-state index contributed by atoms with van der Waals surface area (Å²) in [6.07, 6.45) is 3.03. The van der Waals surface area contributed by atoms with Crippen molar-refractivity contribution in [1.29, 1.82) is 0 Å². The molecule has 2 saturated heterocycles. The van der Waals surface area contributed by atoms with Gasteiger partial charge in [0.05, 0.1) is 4.87 Å². The summed E-state index contributed by atoms with van der Waals surface area (Å²) < 4.78 is 0. The second kappa shape index (κ2) is 7.09. The van der Waals surface area contributed by atoms with Crippen molar-refractivity contribution in [2.45, 2.75) is 30.7 Å². The number of amides is 2. The maximum atomic E-state index is 12.8. The first-order chi connectivity index (χ1) is 13.0. The third kappa shape index (κ3) is 3.56. The number of nitrogens with one attached hydrogen (secondary N) is 1. The van der Waals surface area contributed by atoms with E-state index in [0.717, 1.165) is 12.0 Å². The van der Waals surface area contributed by atoms with Crippen LogP contribution in [0, 0.1) is 11.8 Å². The summed E-state index contributed by atoms with van der Waals surface area (Å²) in [5.74, 6) is 6.63. The van der Waals surface area contributed by atoms with Gasteiger partial charge in [0.2, 0.25) is 11.8 Å². The van der Waals surface area contributed by atoms with E-state index in [1.165, 1.54) is 0 Å². The van der Waals surface area contributed by atoms with Gasteiger partial charge in [-0.3, -0.25) is 9.59 Å². The van der Waals surface area contributed by atoms with Gasteiger partial charge in [0.15, 0.2) is 0 Å². The highest BCUT2D eigenvalue weighted by Gasteiger charge is 2.52. The van der Waals surface area contributed by atoms with E-state index in [1.54, 1.807) is 22.9 Å². The van der Waals surface area contributed by atoms with Crippen molar-refractivity contribution < 1.29 is 9.59 Å². The highest BCUT2D eigenvalue weighted by molar-refractivity contribution is 8.01. The van der Waals surface area contributed by atoms with Crippen molar-refractivity contribution >= 4 is 29.3 Å². The number of carbonyl (C=O) groups is 2. The fourth-order valence-electron chi connectivity index (χ4n) is 3.49. The van der Waals surface area contributed by atoms with Crippen LogP contribution in [0.5, 0.6) is 0 Å². The Hall–Kier alpha value is -2.78. The van der Waals surface area contributed by atoms with Crippen LogP contribution in [0.2, 0.25) is 0 Å². The van der Waals surface area contributed by atoms with Gasteiger partial charge in [0.1, 0.15) is 11.7 Å². The van der Waals surface area contributed by atoms with Crippen LogP contribution >= 0.6 is 11.8 Å². The Morgan fingerprint density at radius 3 is 3.00 bits per heavy atom. The molecule has 2 aromatic rings. The molecule has 1 aromatic heterocycles. The molecule has 0 saturated carbocycles. The Morgan fingerprint density at radius 1 is 1.30 bits per heavy atom. The molecule has 3 heterocycles. The first-order valence-electron chi connectivity index (χ1n) is 8.85. The van der Waals surface area contributed by atoms with E-state index in [0.29, 0.717) is 23.6 Å². The van der Waals surface area contributed by atoms with Crippen molar-refractivity contribution in [3.05, 3.63) is 59.9 Å². The number of hydrogen-bond acceptors (Lipinski definition) is 4. The number of benzene rings is 1. The quantitative estimate of drug-likeness (QED) is 0.818. The highest BCUT2D eigenvalue weighted by Crippen LogP contribution is 2.47. The molecule has 136 valence electrons. The molecule has 1 aromatic carbocycles. The zero-order valence-corrected chi connectivity index (χ0v) is 15.8. The molecule has 0 spiro atoms. The molecule has 0 unspecified atom stereocenters. The van der Waals surface area contributed by atoms with Gasteiger partial charge in [-0.25, -0.2) is 4.98 Å². The van der Waals surface area contributed by atoms with Gasteiger partial charge in [-0.2, -0.15) is 0 Å². The van der Waals surface area contributed by atoms with Crippen LogP contribution in [0.1, 0.15) is 31.0 Å². The molecule has 2 aliphatic rings. The van der Waals surface area contributed by atoms with Crippen molar-refractivity contribution in [3.63, 3.8) is 0 Å². The van der Waals surface area contributed by atoms with E-state index in [-0.39, 0.29) is 16.7 Å². The highest BCUT2D eigenvalue weighted by atomic mass is 32.2. The lowest BCUT2D eigenvalue weighted by molar-refractivity contribution is -0.135. The molecule has 0 radical (unpaired) electrons. The molecule has 2 fully saturated rings. The van der Waals surface area contributed by atoms with Crippen LogP contribution in [-0.2, 0) is 9.59 Å². The molecule has 4 rings (SSSR count). The van der Waals surface area contributed by atoms with E-state index >= 15 is 0 Å². The zero-order valence-electron chi connectivity index (χ0n) is 14.9. The number of fused-ring (bicyclic) bond motifs is 1. The monoisotopic (exact) mass is 377 g/mol. The lowest BCUT2D eigenvalue weighted by Gasteiger charge is -2.29. The van der Waals surface area contributed by atoms with Crippen molar-refractivity contribution in [2.75, 3.05) is 11.1 Å². The standard InChI is InChI=1S/C21H19N3O2S/c1-21-11-10-19(25)24(21)18(14-27-21)20(26)23-17-7-4-5-15(13-17)8-9-16-6-2-3-12-22-16/h2-7,12-13,18H,10-11,14H2,1H3,(H,23,26)/t18-,21+/m1/s1. The van der Waals surface area contributed by atoms with Gasteiger partial charge in [0, 0.05) is 29.6 Å². The number of anilines is 1. The number of rotatable bonds is 2. The van der Waals surface area contributed by atoms with E-state index in [2.05, 4.69) is 22.1 Å². The molecule has 2 atom stereocenters. The molecule has 27 heavy (non-hydrogen) atoms. The van der Waals surface area contributed by atoms with Gasteiger partial charge in [-0.15, -0.1) is 11.8 Å². The van der Waals surface area contributed by atoms with Gasteiger partial charge >= 0.3 is 0 Å². The van der Waals surface area contributed by atoms with Crippen LogP contribution in [0.15, 0.2) is 48.7 Å². The Kier molecular flexibility index (Phi) is 4.63. The maximum absolute atomic E-state index is 12.8. The summed E-state index contributed by atoms with van der Waals surface area (Å²) in [4.78, 5) is 30.7. The third-order valence-electron chi connectivity index (χ3n) is 4.88. The molecule has 6 heteroatoms. The number of hydrogen-bond donors (Lipinski definition) is 1. The van der Waals surface area contributed by atoms with E-state index in [1.807, 2.05) is 49.4 Å². The predicted octanol–water partition coefficient (Wildman–Crippen LogP) is 2.87. The van der Waals surface area contributed by atoms with E-state index in [4.69, 9.17) is 0 Å². The summed E-state index contributed by atoms with van der Waals surface area (Å²) in [6, 6.07) is 12.6. The predicted molar refractivity (Wildman–Crippen MR) is 106 cm³/mol. The number of thioether (sulfide) groups is 1. The summed E-state index contributed by atoms with van der Waals surface area (Å²) in [6.45, 7) is 2.05. The van der Waals surface area contributed by atoms with Crippen LogP contribution in [-0.4, -0.2) is 38.4 Å². The molecule has 2 amide bonds. The first-order valence-corrected chi connectivity index (χ1v) is 9.84. The van der Waals surface area contributed by atoms with Crippen LogP contribution < -0.4 is 5.32 Å². The van der Waals surface area contributed by atoms with Gasteiger partial charge in [-0.05, 0) is 49.6 Å². The number of carbonyl (C=O) groups excluding carboxylic acids is 2. The number of nitrogens with zero attached hydrogens (tertiary/aromatic N) is 2. The fraction of sp³-hybridized carbons (Fsp3) is 0.286. The Morgan fingerprint density at radius 2 is 2.19 bits per heavy atom. The molecular formula is C21H19N3O2S. The number of pyridine rings is 1. The van der Waals surface area contributed by atoms with Gasteiger partial charge in [-0.1, -0.05) is 18.1 Å². The van der Waals surface area contributed by atoms with E-state index in [9.17, 15) is 9.59 Å². The summed E-state index contributed by atoms with van der Waals surface area (Å²) in [5.41, 5.74) is 2.17.